The smallest absolute Gasteiger partial charge is 0.341 e. The molecular formula is C15H25N3O2. The second-order valence-electron chi connectivity index (χ2n) is 5.80. The van der Waals surface area contributed by atoms with E-state index in [9.17, 15) is 4.79 Å². The molecule has 2 unspecified atom stereocenters. The molecule has 1 aliphatic heterocycles. The molecule has 1 aromatic rings. The highest BCUT2D eigenvalue weighted by molar-refractivity contribution is 5.90. The third kappa shape index (κ3) is 3.20. The van der Waals surface area contributed by atoms with Gasteiger partial charge in [0, 0.05) is 19.6 Å². The Labute approximate surface area is 120 Å². The van der Waals surface area contributed by atoms with E-state index in [1.165, 1.54) is 12.8 Å². The first-order valence-corrected chi connectivity index (χ1v) is 7.45. The Morgan fingerprint density at radius 1 is 1.50 bits per heavy atom. The number of nitrogens with zero attached hydrogens (tertiary/aromatic N) is 3. The van der Waals surface area contributed by atoms with E-state index in [4.69, 9.17) is 4.74 Å². The average Bonchev–Trinajstić information content (AvgIpc) is 2.75. The number of ether oxygens (including phenoxy) is 1. The predicted octanol–water partition coefficient (Wildman–Crippen LogP) is 2.22. The highest BCUT2D eigenvalue weighted by Crippen LogP contribution is 2.24. The maximum atomic E-state index is 12.0. The Kier molecular flexibility index (Phi) is 4.81. The van der Waals surface area contributed by atoms with Gasteiger partial charge in [-0.1, -0.05) is 6.92 Å². The van der Waals surface area contributed by atoms with Gasteiger partial charge in [-0.15, -0.1) is 0 Å². The molecule has 1 fully saturated rings. The molecule has 20 heavy (non-hydrogen) atoms. The van der Waals surface area contributed by atoms with E-state index in [1.54, 1.807) is 10.9 Å². The summed E-state index contributed by atoms with van der Waals surface area (Å²) in [5, 5.41) is 4.21. The van der Waals surface area contributed by atoms with E-state index >= 15 is 0 Å². The summed E-state index contributed by atoms with van der Waals surface area (Å²) in [5.41, 5.74) is 1.55. The summed E-state index contributed by atoms with van der Waals surface area (Å²) in [6, 6.07) is 0.545. The topological polar surface area (TPSA) is 47.4 Å². The number of carbonyl (C=O) groups excluding carboxylic acids is 1. The zero-order chi connectivity index (χ0) is 14.7. The summed E-state index contributed by atoms with van der Waals surface area (Å²) in [7, 11) is 1.88. The lowest BCUT2D eigenvalue weighted by atomic mass is 9.93. The van der Waals surface area contributed by atoms with Crippen molar-refractivity contribution in [1.82, 2.24) is 14.7 Å². The van der Waals surface area contributed by atoms with Crippen LogP contribution in [0, 0.1) is 5.92 Å². The fourth-order valence-electron chi connectivity index (χ4n) is 2.91. The Balaban J connectivity index is 2.12. The molecule has 0 amide bonds. The lowest BCUT2D eigenvalue weighted by molar-refractivity contribution is 0.0521. The van der Waals surface area contributed by atoms with E-state index in [0.717, 1.165) is 24.7 Å². The van der Waals surface area contributed by atoms with E-state index in [0.29, 0.717) is 18.2 Å². The summed E-state index contributed by atoms with van der Waals surface area (Å²) in [6.07, 6.45) is 4.05. The second kappa shape index (κ2) is 6.39. The van der Waals surface area contributed by atoms with E-state index in [1.807, 2.05) is 14.0 Å². The lowest BCUT2D eigenvalue weighted by Crippen LogP contribution is -2.40. The first-order valence-electron chi connectivity index (χ1n) is 7.45. The van der Waals surface area contributed by atoms with Crippen LogP contribution in [0.25, 0.3) is 0 Å². The molecule has 1 aromatic heterocycles. The zero-order valence-corrected chi connectivity index (χ0v) is 12.9. The number of likely N-dealkylation sites (tertiary alicyclic amines) is 1. The van der Waals surface area contributed by atoms with Gasteiger partial charge in [0.05, 0.1) is 18.5 Å². The number of carbonyl (C=O) groups is 1. The molecule has 0 N–H and O–H groups in total. The van der Waals surface area contributed by atoms with Crippen LogP contribution in [0.2, 0.25) is 0 Å². The number of esters is 1. The van der Waals surface area contributed by atoms with Crippen LogP contribution in [0.5, 0.6) is 0 Å². The van der Waals surface area contributed by atoms with Crippen molar-refractivity contribution >= 4 is 5.97 Å². The van der Waals surface area contributed by atoms with Crippen molar-refractivity contribution < 1.29 is 9.53 Å². The van der Waals surface area contributed by atoms with Crippen molar-refractivity contribution in [2.24, 2.45) is 13.0 Å². The Bertz CT molecular complexity index is 470. The minimum atomic E-state index is -0.270. The molecule has 1 aliphatic rings. The molecule has 0 saturated carbocycles. The maximum Gasteiger partial charge on any atom is 0.341 e. The third-order valence-electron chi connectivity index (χ3n) is 4.19. The monoisotopic (exact) mass is 279 g/mol. The zero-order valence-electron chi connectivity index (χ0n) is 12.9. The minimum absolute atomic E-state index is 0.270. The van der Waals surface area contributed by atoms with Gasteiger partial charge in [-0.05, 0) is 39.2 Å². The number of aromatic nitrogens is 2. The van der Waals surface area contributed by atoms with Crippen LogP contribution < -0.4 is 0 Å². The van der Waals surface area contributed by atoms with E-state index in [-0.39, 0.29) is 5.97 Å². The number of hydrogen-bond acceptors (Lipinski definition) is 4. The van der Waals surface area contributed by atoms with Crippen LogP contribution in [0.4, 0.5) is 0 Å². The molecule has 5 nitrogen and oxygen atoms in total. The Morgan fingerprint density at radius 2 is 2.25 bits per heavy atom. The first kappa shape index (κ1) is 15.0. The highest BCUT2D eigenvalue weighted by Gasteiger charge is 2.26. The van der Waals surface area contributed by atoms with Crippen LogP contribution in [0.1, 0.15) is 49.7 Å². The fraction of sp³-hybridized carbons (Fsp3) is 0.733. The van der Waals surface area contributed by atoms with Crippen molar-refractivity contribution in [2.75, 3.05) is 13.2 Å². The summed E-state index contributed by atoms with van der Waals surface area (Å²) in [6.45, 7) is 8.62. The predicted molar refractivity (Wildman–Crippen MR) is 77.4 cm³/mol. The van der Waals surface area contributed by atoms with Crippen LogP contribution >= 0.6 is 0 Å². The molecule has 5 heteroatoms. The van der Waals surface area contributed by atoms with Crippen LogP contribution in [0.3, 0.4) is 0 Å². The normalized spacial score (nSPS) is 23.8. The van der Waals surface area contributed by atoms with Gasteiger partial charge in [-0.3, -0.25) is 9.58 Å². The van der Waals surface area contributed by atoms with Gasteiger partial charge in [0.15, 0.2) is 0 Å². The van der Waals surface area contributed by atoms with Gasteiger partial charge in [0.1, 0.15) is 5.56 Å². The van der Waals surface area contributed by atoms with Crippen LogP contribution in [-0.4, -0.2) is 39.8 Å². The lowest BCUT2D eigenvalue weighted by Gasteiger charge is -2.36. The van der Waals surface area contributed by atoms with Crippen molar-refractivity contribution in [3.8, 4) is 0 Å². The van der Waals surface area contributed by atoms with E-state index in [2.05, 4.69) is 23.8 Å². The molecule has 2 heterocycles. The molecular weight excluding hydrogens is 254 g/mol. The minimum Gasteiger partial charge on any atom is -0.462 e. The number of hydrogen-bond donors (Lipinski definition) is 0. The van der Waals surface area contributed by atoms with Gasteiger partial charge in [0.25, 0.3) is 0 Å². The largest absolute Gasteiger partial charge is 0.462 e. The molecule has 0 aromatic carbocycles. The van der Waals surface area contributed by atoms with Crippen molar-refractivity contribution in [3.63, 3.8) is 0 Å². The standard InChI is InChI=1S/C15H25N3O2/c1-5-20-15(19)13-9-16-17(4)14(13)10-18-7-6-11(2)8-12(18)3/h9,11-12H,5-8,10H2,1-4H3. The molecule has 2 atom stereocenters. The Morgan fingerprint density at radius 3 is 2.90 bits per heavy atom. The van der Waals surface area contributed by atoms with Gasteiger partial charge in [-0.2, -0.15) is 5.10 Å². The Hall–Kier alpha value is -1.36. The molecule has 0 aliphatic carbocycles. The number of piperidine rings is 1. The first-order chi connectivity index (χ1) is 9.52. The van der Waals surface area contributed by atoms with Crippen LogP contribution in [0.15, 0.2) is 6.20 Å². The SMILES string of the molecule is CCOC(=O)c1cnn(C)c1CN1CCC(C)CC1C. The molecule has 0 bridgehead atoms. The number of rotatable bonds is 4. The van der Waals surface area contributed by atoms with Gasteiger partial charge < -0.3 is 4.74 Å². The molecule has 112 valence electrons. The number of aryl methyl sites for hydroxylation is 1. The van der Waals surface area contributed by atoms with Gasteiger partial charge in [-0.25, -0.2) is 4.79 Å². The third-order valence-corrected chi connectivity index (χ3v) is 4.19. The molecule has 2 rings (SSSR count). The summed E-state index contributed by atoms with van der Waals surface area (Å²) in [5.74, 6) is 0.519. The van der Waals surface area contributed by atoms with Crippen molar-refractivity contribution in [3.05, 3.63) is 17.5 Å². The average molecular weight is 279 g/mol. The summed E-state index contributed by atoms with van der Waals surface area (Å²) < 4.78 is 6.89. The molecule has 1 saturated heterocycles. The summed E-state index contributed by atoms with van der Waals surface area (Å²) in [4.78, 5) is 14.4. The van der Waals surface area contributed by atoms with Crippen LogP contribution in [-0.2, 0) is 18.3 Å². The van der Waals surface area contributed by atoms with Gasteiger partial charge >= 0.3 is 5.97 Å². The molecule has 0 radical (unpaired) electrons. The van der Waals surface area contributed by atoms with Crippen molar-refractivity contribution in [2.45, 2.75) is 46.2 Å². The second-order valence-corrected chi connectivity index (χ2v) is 5.80. The fourth-order valence-corrected chi connectivity index (χ4v) is 2.91. The quantitative estimate of drug-likeness (QED) is 0.793. The van der Waals surface area contributed by atoms with Crippen molar-refractivity contribution in [1.29, 1.82) is 0 Å². The van der Waals surface area contributed by atoms with E-state index < -0.39 is 0 Å². The summed E-state index contributed by atoms with van der Waals surface area (Å²) >= 11 is 0. The highest BCUT2D eigenvalue weighted by atomic mass is 16.5. The maximum absolute atomic E-state index is 12.0. The molecule has 0 spiro atoms. The van der Waals surface area contributed by atoms with Gasteiger partial charge in [0.2, 0.25) is 0 Å².